The van der Waals surface area contributed by atoms with Crippen molar-refractivity contribution in [1.29, 1.82) is 0 Å². The number of aromatic nitrogens is 1. The minimum absolute atomic E-state index is 0.0596. The first-order chi connectivity index (χ1) is 27.5. The number of hydrogen-bond acceptors (Lipinski definition) is 4. The van der Waals surface area contributed by atoms with E-state index in [0.717, 1.165) is 66.8 Å². The molecule has 0 radical (unpaired) electrons. The summed E-state index contributed by atoms with van der Waals surface area (Å²) in [5, 5.41) is 2.06. The molecular formula is C52H36N2O2. The van der Waals surface area contributed by atoms with Crippen LogP contribution < -0.4 is 4.90 Å². The molecule has 0 amide bonds. The molecule has 0 bridgehead atoms. The van der Waals surface area contributed by atoms with E-state index in [2.05, 4.69) is 158 Å². The summed E-state index contributed by atoms with van der Waals surface area (Å²) in [4.78, 5) is 7.15. The third-order valence-electron chi connectivity index (χ3n) is 11.5. The molecule has 0 aliphatic heterocycles. The average Bonchev–Trinajstić information content (AvgIpc) is 3.91. The maximum Gasteiger partial charge on any atom is 0.227 e. The van der Waals surface area contributed by atoms with Crippen LogP contribution in [0.1, 0.15) is 25.0 Å². The molecule has 0 unspecified atom stereocenters. The van der Waals surface area contributed by atoms with Gasteiger partial charge >= 0.3 is 0 Å². The molecule has 2 heterocycles. The smallest absolute Gasteiger partial charge is 0.227 e. The van der Waals surface area contributed by atoms with Crippen LogP contribution in [0.25, 0.3) is 77.9 Å². The van der Waals surface area contributed by atoms with Gasteiger partial charge in [0.25, 0.3) is 0 Å². The number of rotatable bonds is 6. The zero-order valence-corrected chi connectivity index (χ0v) is 31.0. The fraction of sp³-hybridized carbons (Fsp3) is 0.0577. The first-order valence-electron chi connectivity index (χ1n) is 19.1. The van der Waals surface area contributed by atoms with E-state index in [1.807, 2.05) is 42.5 Å². The summed E-state index contributed by atoms with van der Waals surface area (Å²) in [6.45, 7) is 4.66. The highest BCUT2D eigenvalue weighted by molar-refractivity contribution is 6.15. The lowest BCUT2D eigenvalue weighted by molar-refractivity contribution is 0.620. The van der Waals surface area contributed by atoms with Gasteiger partial charge in [-0.25, -0.2) is 4.98 Å². The number of oxazole rings is 1. The number of hydrogen-bond donors (Lipinski definition) is 0. The van der Waals surface area contributed by atoms with Crippen molar-refractivity contribution in [3.8, 4) is 44.8 Å². The van der Waals surface area contributed by atoms with Crippen molar-refractivity contribution in [3.05, 3.63) is 193 Å². The van der Waals surface area contributed by atoms with E-state index in [4.69, 9.17) is 13.8 Å². The predicted octanol–water partition coefficient (Wildman–Crippen LogP) is 14.5. The molecule has 0 atom stereocenters. The average molecular weight is 721 g/mol. The lowest BCUT2D eigenvalue weighted by Crippen LogP contribution is -2.15. The van der Waals surface area contributed by atoms with E-state index in [1.54, 1.807) is 0 Å². The topological polar surface area (TPSA) is 42.4 Å². The predicted molar refractivity (Wildman–Crippen MR) is 230 cm³/mol. The van der Waals surface area contributed by atoms with Crippen molar-refractivity contribution in [2.45, 2.75) is 19.3 Å². The third kappa shape index (κ3) is 5.10. The highest BCUT2D eigenvalue weighted by Crippen LogP contribution is 2.51. The van der Waals surface area contributed by atoms with E-state index in [1.165, 1.54) is 33.4 Å². The standard InChI is InChI=1S/C52H36N2O2/c1-52(2)44-18-10-9-16-41(44)42-30-39(28-29-45(42)52)54(37-24-20-34(21-25-37)33-12-5-3-6-13-33)38-26-22-35(23-27-38)40-17-11-19-47-50(40)43-31-49-46(32-48(43)55-47)53-51(56-49)36-14-7-4-8-15-36/h3-32H,1-2H3. The van der Waals surface area contributed by atoms with Crippen LogP contribution in [0.4, 0.5) is 17.1 Å². The maximum atomic E-state index is 6.44. The van der Waals surface area contributed by atoms with Crippen LogP contribution in [0.15, 0.2) is 191 Å². The van der Waals surface area contributed by atoms with Crippen molar-refractivity contribution in [2.75, 3.05) is 4.90 Å². The van der Waals surface area contributed by atoms with Crippen molar-refractivity contribution in [2.24, 2.45) is 0 Å². The molecule has 56 heavy (non-hydrogen) atoms. The highest BCUT2D eigenvalue weighted by Gasteiger charge is 2.35. The van der Waals surface area contributed by atoms with Gasteiger partial charge in [0.1, 0.15) is 16.7 Å². The van der Waals surface area contributed by atoms with Crippen LogP contribution in [0.5, 0.6) is 0 Å². The summed E-state index contributed by atoms with van der Waals surface area (Å²) >= 11 is 0. The van der Waals surface area contributed by atoms with Gasteiger partial charge in [-0.1, -0.05) is 129 Å². The number of furan rings is 1. The van der Waals surface area contributed by atoms with Gasteiger partial charge in [0.05, 0.1) is 0 Å². The van der Waals surface area contributed by atoms with E-state index < -0.39 is 0 Å². The molecule has 4 heteroatoms. The Labute approximate surface area is 324 Å². The van der Waals surface area contributed by atoms with Gasteiger partial charge in [-0.2, -0.15) is 0 Å². The molecule has 0 saturated heterocycles. The van der Waals surface area contributed by atoms with E-state index in [-0.39, 0.29) is 5.41 Å². The fourth-order valence-electron chi connectivity index (χ4n) is 8.71. The van der Waals surface area contributed by atoms with E-state index in [0.29, 0.717) is 5.89 Å². The Morgan fingerprint density at radius 1 is 0.429 bits per heavy atom. The molecule has 8 aromatic carbocycles. The van der Waals surface area contributed by atoms with Crippen molar-refractivity contribution >= 4 is 50.1 Å². The Morgan fingerprint density at radius 3 is 1.79 bits per heavy atom. The first kappa shape index (κ1) is 32.3. The number of nitrogens with zero attached hydrogens (tertiary/aromatic N) is 2. The van der Waals surface area contributed by atoms with Gasteiger partial charge in [-0.15, -0.1) is 0 Å². The Morgan fingerprint density at radius 2 is 1.04 bits per heavy atom. The molecule has 0 spiro atoms. The van der Waals surface area contributed by atoms with Gasteiger partial charge in [-0.05, 0) is 105 Å². The Balaban J connectivity index is 1.02. The van der Waals surface area contributed by atoms with Gasteiger partial charge in [0.2, 0.25) is 5.89 Å². The molecule has 0 N–H and O–H groups in total. The summed E-state index contributed by atoms with van der Waals surface area (Å²) in [6.07, 6.45) is 0. The molecule has 1 aliphatic rings. The molecule has 11 rings (SSSR count). The zero-order chi connectivity index (χ0) is 37.4. The Kier molecular flexibility index (Phi) is 7.17. The zero-order valence-electron chi connectivity index (χ0n) is 31.0. The van der Waals surface area contributed by atoms with Gasteiger partial charge in [0.15, 0.2) is 5.58 Å². The van der Waals surface area contributed by atoms with E-state index in [9.17, 15) is 0 Å². The lowest BCUT2D eigenvalue weighted by atomic mass is 9.82. The minimum Gasteiger partial charge on any atom is -0.456 e. The summed E-state index contributed by atoms with van der Waals surface area (Å²) in [7, 11) is 0. The molecule has 0 fully saturated rings. The van der Waals surface area contributed by atoms with Gasteiger partial charge in [0, 0.05) is 44.9 Å². The van der Waals surface area contributed by atoms with Crippen molar-refractivity contribution in [3.63, 3.8) is 0 Å². The number of anilines is 3. The van der Waals surface area contributed by atoms with Gasteiger partial charge in [-0.3, -0.25) is 0 Å². The molecule has 2 aromatic heterocycles. The maximum absolute atomic E-state index is 6.44. The normalized spacial score (nSPS) is 13.0. The van der Waals surface area contributed by atoms with Crippen LogP contribution in [0.2, 0.25) is 0 Å². The third-order valence-corrected chi connectivity index (χ3v) is 11.5. The summed E-state index contributed by atoms with van der Waals surface area (Å²) < 4.78 is 12.7. The monoisotopic (exact) mass is 720 g/mol. The Hall–Kier alpha value is -7.17. The Bertz CT molecular complexity index is 3080. The lowest BCUT2D eigenvalue weighted by Gasteiger charge is -2.27. The second-order valence-electron chi connectivity index (χ2n) is 15.2. The van der Waals surface area contributed by atoms with Crippen LogP contribution in [0.3, 0.4) is 0 Å². The molecule has 4 nitrogen and oxygen atoms in total. The SMILES string of the molecule is CC1(C)c2ccccc2-c2cc(N(c3ccc(-c4ccccc4)cc3)c3ccc(-c4cccc5oc6cc7nc(-c8ccccc8)oc7cc6c45)cc3)ccc21. The number of fused-ring (bicyclic) bond motifs is 7. The van der Waals surface area contributed by atoms with Crippen molar-refractivity contribution in [1.82, 2.24) is 4.98 Å². The summed E-state index contributed by atoms with van der Waals surface area (Å²) in [5.41, 5.74) is 17.2. The minimum atomic E-state index is -0.0596. The molecular weight excluding hydrogens is 685 g/mol. The highest BCUT2D eigenvalue weighted by atomic mass is 16.4. The van der Waals surface area contributed by atoms with Crippen LogP contribution in [-0.4, -0.2) is 4.98 Å². The second-order valence-corrected chi connectivity index (χ2v) is 15.2. The van der Waals surface area contributed by atoms with Crippen molar-refractivity contribution < 1.29 is 8.83 Å². The van der Waals surface area contributed by atoms with E-state index >= 15 is 0 Å². The van der Waals surface area contributed by atoms with Crippen LogP contribution in [0, 0.1) is 0 Å². The van der Waals surface area contributed by atoms with Crippen LogP contribution in [-0.2, 0) is 5.41 Å². The quantitative estimate of drug-likeness (QED) is 0.171. The molecule has 0 saturated carbocycles. The van der Waals surface area contributed by atoms with Crippen LogP contribution >= 0.6 is 0 Å². The fourth-order valence-corrected chi connectivity index (χ4v) is 8.71. The largest absolute Gasteiger partial charge is 0.456 e. The first-order valence-corrected chi connectivity index (χ1v) is 19.1. The summed E-state index contributed by atoms with van der Waals surface area (Å²) in [6, 6.07) is 64.5. The summed E-state index contributed by atoms with van der Waals surface area (Å²) in [5.74, 6) is 0.601. The molecule has 266 valence electrons. The second kappa shape index (κ2) is 12.4. The number of benzene rings is 8. The molecule has 10 aromatic rings. The molecule has 1 aliphatic carbocycles. The van der Waals surface area contributed by atoms with Gasteiger partial charge < -0.3 is 13.7 Å².